The molecule has 120 valence electrons. The van der Waals surface area contributed by atoms with Gasteiger partial charge >= 0.3 is 0 Å². The van der Waals surface area contributed by atoms with E-state index in [2.05, 4.69) is 14.9 Å². The molecule has 2 fully saturated rings. The zero-order valence-electron chi connectivity index (χ0n) is 13.1. The molecule has 0 atom stereocenters. The molecule has 23 heavy (non-hydrogen) atoms. The molecule has 1 saturated carbocycles. The van der Waals surface area contributed by atoms with Gasteiger partial charge in [0.2, 0.25) is 5.91 Å². The molecular weight excluding hydrogens is 290 g/mol. The third-order valence-corrected chi connectivity index (χ3v) is 4.65. The van der Waals surface area contributed by atoms with Crippen molar-refractivity contribution in [3.63, 3.8) is 0 Å². The largest absolute Gasteiger partial charge is 0.383 e. The zero-order chi connectivity index (χ0) is 15.8. The number of hydrogen-bond donors (Lipinski definition) is 1. The Morgan fingerprint density at radius 2 is 1.87 bits per heavy atom. The van der Waals surface area contributed by atoms with Gasteiger partial charge in [-0.3, -0.25) is 9.69 Å². The van der Waals surface area contributed by atoms with Crippen LogP contribution in [0.2, 0.25) is 0 Å². The molecule has 2 heterocycles. The lowest BCUT2D eigenvalue weighted by molar-refractivity contribution is -0.134. The van der Waals surface area contributed by atoms with Crippen LogP contribution in [0, 0.1) is 5.92 Å². The summed E-state index contributed by atoms with van der Waals surface area (Å²) in [5.41, 5.74) is 6.93. The summed E-state index contributed by atoms with van der Waals surface area (Å²) in [6.45, 7) is 4.03. The predicted molar refractivity (Wildman–Crippen MR) is 88.5 cm³/mol. The molecule has 6 nitrogen and oxygen atoms in total. The van der Waals surface area contributed by atoms with E-state index in [-0.39, 0.29) is 0 Å². The number of nitrogens with zero attached hydrogens (tertiary/aromatic N) is 4. The number of piperazine rings is 1. The van der Waals surface area contributed by atoms with E-state index in [0.717, 1.165) is 55.7 Å². The molecule has 1 aromatic carbocycles. The maximum Gasteiger partial charge on any atom is 0.225 e. The summed E-state index contributed by atoms with van der Waals surface area (Å²) >= 11 is 0. The lowest BCUT2D eigenvalue weighted by Crippen LogP contribution is -2.48. The summed E-state index contributed by atoms with van der Waals surface area (Å²) in [7, 11) is 0. The van der Waals surface area contributed by atoms with Crippen molar-refractivity contribution in [2.75, 3.05) is 31.9 Å². The number of para-hydroxylation sites is 1. The molecule has 6 heteroatoms. The summed E-state index contributed by atoms with van der Waals surface area (Å²) < 4.78 is 0. The van der Waals surface area contributed by atoms with Gasteiger partial charge in [-0.25, -0.2) is 9.97 Å². The SMILES string of the molecule is Nc1nc(CN2CCN(C(=O)C3CC3)CC2)nc2ccccc12. The number of rotatable bonds is 3. The Labute approximate surface area is 135 Å². The van der Waals surface area contributed by atoms with Gasteiger partial charge in [0.05, 0.1) is 12.1 Å². The maximum absolute atomic E-state index is 12.1. The van der Waals surface area contributed by atoms with E-state index >= 15 is 0 Å². The van der Waals surface area contributed by atoms with Gasteiger partial charge < -0.3 is 10.6 Å². The third-order valence-electron chi connectivity index (χ3n) is 4.65. The highest BCUT2D eigenvalue weighted by Crippen LogP contribution is 2.31. The smallest absolute Gasteiger partial charge is 0.225 e. The van der Waals surface area contributed by atoms with Crippen LogP contribution in [-0.4, -0.2) is 51.9 Å². The molecule has 0 bridgehead atoms. The maximum atomic E-state index is 12.1. The fourth-order valence-electron chi connectivity index (χ4n) is 3.14. The number of nitrogen functional groups attached to an aromatic ring is 1. The molecule has 1 aliphatic heterocycles. The minimum Gasteiger partial charge on any atom is -0.383 e. The van der Waals surface area contributed by atoms with Gasteiger partial charge in [-0.2, -0.15) is 0 Å². The molecule has 2 N–H and O–H groups in total. The standard InChI is InChI=1S/C17H21N5O/c18-16-13-3-1-2-4-14(13)19-15(20-16)11-21-7-9-22(10-8-21)17(23)12-5-6-12/h1-4,12H,5-11H2,(H2,18,19,20). The highest BCUT2D eigenvalue weighted by molar-refractivity contribution is 5.87. The van der Waals surface area contributed by atoms with Crippen LogP contribution in [0.25, 0.3) is 10.9 Å². The van der Waals surface area contributed by atoms with Crippen LogP contribution in [0.4, 0.5) is 5.82 Å². The number of fused-ring (bicyclic) bond motifs is 1. The number of amides is 1. The highest BCUT2D eigenvalue weighted by atomic mass is 16.2. The van der Waals surface area contributed by atoms with E-state index in [1.807, 2.05) is 29.2 Å². The van der Waals surface area contributed by atoms with Gasteiger partial charge in [-0.1, -0.05) is 12.1 Å². The summed E-state index contributed by atoms with van der Waals surface area (Å²) in [6, 6.07) is 7.80. The lowest BCUT2D eigenvalue weighted by atomic mass is 10.2. The van der Waals surface area contributed by atoms with E-state index < -0.39 is 0 Å². The van der Waals surface area contributed by atoms with E-state index in [1.54, 1.807) is 0 Å². The lowest BCUT2D eigenvalue weighted by Gasteiger charge is -2.34. The van der Waals surface area contributed by atoms with Crippen molar-refractivity contribution in [1.29, 1.82) is 0 Å². The Balaban J connectivity index is 1.42. The van der Waals surface area contributed by atoms with Gasteiger partial charge in [-0.05, 0) is 25.0 Å². The molecule has 1 amide bonds. The first kappa shape index (κ1) is 14.4. The van der Waals surface area contributed by atoms with Crippen molar-refractivity contribution in [2.45, 2.75) is 19.4 Å². The van der Waals surface area contributed by atoms with Crippen molar-refractivity contribution in [3.8, 4) is 0 Å². The average Bonchev–Trinajstić information content (AvgIpc) is 3.40. The Hall–Kier alpha value is -2.21. The Kier molecular flexibility index (Phi) is 3.61. The monoisotopic (exact) mass is 311 g/mol. The molecule has 2 aliphatic rings. The summed E-state index contributed by atoms with van der Waals surface area (Å²) in [5.74, 6) is 1.94. The quantitative estimate of drug-likeness (QED) is 0.924. The van der Waals surface area contributed by atoms with Crippen LogP contribution in [0.15, 0.2) is 24.3 Å². The molecule has 0 radical (unpaired) electrons. The fourth-order valence-corrected chi connectivity index (χ4v) is 3.14. The minimum absolute atomic E-state index is 0.310. The molecule has 1 aliphatic carbocycles. The number of nitrogens with two attached hydrogens (primary N) is 1. The average molecular weight is 311 g/mol. The first-order valence-electron chi connectivity index (χ1n) is 8.23. The van der Waals surface area contributed by atoms with E-state index in [9.17, 15) is 4.79 Å². The number of carbonyl (C=O) groups excluding carboxylic acids is 1. The van der Waals surface area contributed by atoms with Crippen LogP contribution < -0.4 is 5.73 Å². The number of hydrogen-bond acceptors (Lipinski definition) is 5. The summed E-state index contributed by atoms with van der Waals surface area (Å²) in [4.78, 5) is 25.4. The number of anilines is 1. The van der Waals surface area contributed by atoms with Gasteiger partial charge in [0.15, 0.2) is 0 Å². The third kappa shape index (κ3) is 2.99. The molecule has 0 unspecified atom stereocenters. The second-order valence-corrected chi connectivity index (χ2v) is 6.42. The fraction of sp³-hybridized carbons (Fsp3) is 0.471. The first-order chi connectivity index (χ1) is 11.2. The molecule has 4 rings (SSSR count). The van der Waals surface area contributed by atoms with Crippen molar-refractivity contribution in [2.24, 2.45) is 5.92 Å². The van der Waals surface area contributed by atoms with Gasteiger partial charge in [0.1, 0.15) is 11.6 Å². The van der Waals surface area contributed by atoms with Crippen molar-refractivity contribution in [1.82, 2.24) is 19.8 Å². The van der Waals surface area contributed by atoms with Crippen molar-refractivity contribution >= 4 is 22.6 Å². The van der Waals surface area contributed by atoms with Crippen LogP contribution >= 0.6 is 0 Å². The number of benzene rings is 1. The first-order valence-corrected chi connectivity index (χ1v) is 8.23. The van der Waals surface area contributed by atoms with Crippen molar-refractivity contribution in [3.05, 3.63) is 30.1 Å². The highest BCUT2D eigenvalue weighted by Gasteiger charge is 2.34. The Morgan fingerprint density at radius 1 is 1.13 bits per heavy atom. The van der Waals surface area contributed by atoms with Crippen LogP contribution in [0.1, 0.15) is 18.7 Å². The minimum atomic E-state index is 0.310. The van der Waals surface area contributed by atoms with Crippen LogP contribution in [0.3, 0.4) is 0 Å². The molecule has 1 saturated heterocycles. The normalized spacial score (nSPS) is 19.2. The molecular formula is C17H21N5O. The number of aromatic nitrogens is 2. The topological polar surface area (TPSA) is 75.3 Å². The second kappa shape index (κ2) is 5.77. The zero-order valence-corrected chi connectivity index (χ0v) is 13.1. The predicted octanol–water partition coefficient (Wildman–Crippen LogP) is 1.27. The number of carbonyl (C=O) groups is 1. The molecule has 1 aromatic heterocycles. The Morgan fingerprint density at radius 3 is 2.61 bits per heavy atom. The van der Waals surface area contributed by atoms with E-state index in [1.165, 1.54) is 0 Å². The summed E-state index contributed by atoms with van der Waals surface area (Å²) in [5, 5.41) is 0.899. The van der Waals surface area contributed by atoms with Gasteiger partial charge in [0, 0.05) is 37.5 Å². The van der Waals surface area contributed by atoms with E-state index in [4.69, 9.17) is 5.73 Å². The van der Waals surface area contributed by atoms with Crippen LogP contribution in [0.5, 0.6) is 0 Å². The second-order valence-electron chi connectivity index (χ2n) is 6.42. The van der Waals surface area contributed by atoms with Gasteiger partial charge in [-0.15, -0.1) is 0 Å². The molecule has 0 spiro atoms. The Bertz CT molecular complexity index is 735. The molecule has 2 aromatic rings. The van der Waals surface area contributed by atoms with Crippen molar-refractivity contribution < 1.29 is 4.79 Å². The summed E-state index contributed by atoms with van der Waals surface area (Å²) in [6.07, 6.45) is 2.15. The van der Waals surface area contributed by atoms with Crippen LogP contribution in [-0.2, 0) is 11.3 Å². The van der Waals surface area contributed by atoms with E-state index in [0.29, 0.717) is 24.2 Å². The van der Waals surface area contributed by atoms with Gasteiger partial charge in [0.25, 0.3) is 0 Å².